The minimum Gasteiger partial charge on any atom is -0.244 e. The van der Waals surface area contributed by atoms with Gasteiger partial charge < -0.3 is 0 Å². The highest BCUT2D eigenvalue weighted by Crippen LogP contribution is 2.17. The van der Waals surface area contributed by atoms with Gasteiger partial charge in [0.2, 0.25) is 0 Å². The first-order valence-electron chi connectivity index (χ1n) is 3.57. The number of hydrogen-bond donors (Lipinski definition) is 0. The molecular weight excluding hydrogens is 167 g/mol. The number of aromatic nitrogens is 2. The zero-order valence-electron chi connectivity index (χ0n) is 6.74. The van der Waals surface area contributed by atoms with E-state index in [9.17, 15) is 0 Å². The molecular formula is C8H7BN2S. The van der Waals surface area contributed by atoms with Crippen molar-refractivity contribution in [3.63, 3.8) is 0 Å². The monoisotopic (exact) mass is 174 g/mol. The van der Waals surface area contributed by atoms with E-state index in [0.717, 1.165) is 20.7 Å². The van der Waals surface area contributed by atoms with Crippen molar-refractivity contribution in [3.8, 4) is 0 Å². The third-order valence-corrected chi connectivity index (χ3v) is 2.47. The minimum absolute atomic E-state index is 0.807. The lowest BCUT2D eigenvalue weighted by atomic mass is 10.1. The van der Waals surface area contributed by atoms with Crippen LogP contribution in [0.15, 0.2) is 18.8 Å². The predicted molar refractivity (Wildman–Crippen MR) is 54.0 cm³/mol. The van der Waals surface area contributed by atoms with Crippen LogP contribution in [0.5, 0.6) is 0 Å². The smallest absolute Gasteiger partial charge is 0.145 e. The first-order chi connectivity index (χ1) is 5.66. The summed E-state index contributed by atoms with van der Waals surface area (Å²) in [5.41, 5.74) is 0.914. The Hall–Kier alpha value is -1.03. The molecule has 0 saturated carbocycles. The average Bonchev–Trinajstić information content (AvgIpc) is 2.42. The first-order valence-corrected chi connectivity index (χ1v) is 4.39. The zero-order chi connectivity index (χ0) is 8.72. The molecule has 58 valence electrons. The van der Waals surface area contributed by atoms with Gasteiger partial charge in [0, 0.05) is 17.3 Å². The standard InChI is InChI=1S/C8H7BN2S/c1-5(2)11-4-6-3-7(9)12-8(6)10-11/h3-4H,1H2,2H3. The van der Waals surface area contributed by atoms with E-state index in [1.54, 1.807) is 4.68 Å². The molecule has 2 radical (unpaired) electrons. The molecule has 0 bridgehead atoms. The van der Waals surface area contributed by atoms with Crippen molar-refractivity contribution >= 4 is 39.9 Å². The molecule has 12 heavy (non-hydrogen) atoms. The van der Waals surface area contributed by atoms with Crippen LogP contribution < -0.4 is 4.78 Å². The highest BCUT2D eigenvalue weighted by Gasteiger charge is 2.02. The van der Waals surface area contributed by atoms with Crippen LogP contribution in [0.25, 0.3) is 15.9 Å². The summed E-state index contributed by atoms with van der Waals surface area (Å²) >= 11 is 1.50. The van der Waals surface area contributed by atoms with Crippen LogP contribution >= 0.6 is 11.3 Å². The predicted octanol–water partition coefficient (Wildman–Crippen LogP) is 1.38. The van der Waals surface area contributed by atoms with Gasteiger partial charge in [0.05, 0.1) is 0 Å². The van der Waals surface area contributed by atoms with Crippen LogP contribution in [0.4, 0.5) is 0 Å². The van der Waals surface area contributed by atoms with Gasteiger partial charge in [-0.1, -0.05) is 6.58 Å². The van der Waals surface area contributed by atoms with Gasteiger partial charge in [-0.05, 0) is 17.8 Å². The van der Waals surface area contributed by atoms with Crippen molar-refractivity contribution in [1.82, 2.24) is 9.78 Å². The second-order valence-corrected chi connectivity index (χ2v) is 3.78. The number of allylic oxidation sites excluding steroid dienone is 1. The minimum atomic E-state index is 0.807. The third kappa shape index (κ3) is 1.08. The number of hydrogen-bond acceptors (Lipinski definition) is 2. The summed E-state index contributed by atoms with van der Waals surface area (Å²) < 4.78 is 2.57. The van der Waals surface area contributed by atoms with E-state index in [0.29, 0.717) is 0 Å². The van der Waals surface area contributed by atoms with Crippen molar-refractivity contribution in [1.29, 1.82) is 0 Å². The summed E-state index contributed by atoms with van der Waals surface area (Å²) in [6.45, 7) is 5.71. The van der Waals surface area contributed by atoms with Gasteiger partial charge in [0.1, 0.15) is 12.7 Å². The van der Waals surface area contributed by atoms with Crippen molar-refractivity contribution in [3.05, 3.63) is 18.8 Å². The number of rotatable bonds is 1. The second kappa shape index (κ2) is 2.49. The molecule has 0 atom stereocenters. The first kappa shape index (κ1) is 7.62. The summed E-state index contributed by atoms with van der Waals surface area (Å²) in [6, 6.07) is 1.92. The Morgan fingerprint density at radius 2 is 2.50 bits per heavy atom. The SMILES string of the molecule is [B]c1cc2cn(C(=C)C)nc2s1. The highest BCUT2D eigenvalue weighted by molar-refractivity contribution is 7.25. The average molecular weight is 174 g/mol. The van der Waals surface area contributed by atoms with Crippen LogP contribution in [0.1, 0.15) is 6.92 Å². The Labute approximate surface area is 75.9 Å². The van der Waals surface area contributed by atoms with Gasteiger partial charge in [-0.25, -0.2) is 4.68 Å². The molecule has 2 rings (SSSR count). The van der Waals surface area contributed by atoms with Gasteiger partial charge in [-0.2, -0.15) is 5.10 Å². The maximum atomic E-state index is 5.61. The largest absolute Gasteiger partial charge is 0.244 e. The Morgan fingerprint density at radius 1 is 1.75 bits per heavy atom. The normalized spacial score (nSPS) is 10.8. The van der Waals surface area contributed by atoms with Crippen molar-refractivity contribution in [2.45, 2.75) is 6.92 Å². The lowest BCUT2D eigenvalue weighted by molar-refractivity contribution is 0.918. The van der Waals surface area contributed by atoms with Gasteiger partial charge in [0.25, 0.3) is 0 Å². The maximum Gasteiger partial charge on any atom is 0.145 e. The Morgan fingerprint density at radius 3 is 3.08 bits per heavy atom. The summed E-state index contributed by atoms with van der Waals surface area (Å²) in [5.74, 6) is 0. The van der Waals surface area contributed by atoms with Crippen LogP contribution in [-0.4, -0.2) is 17.6 Å². The van der Waals surface area contributed by atoms with Gasteiger partial charge in [-0.15, -0.1) is 11.3 Å². The Balaban J connectivity index is 2.64. The van der Waals surface area contributed by atoms with Crippen LogP contribution in [0.3, 0.4) is 0 Å². The molecule has 4 heteroatoms. The van der Waals surface area contributed by atoms with Crippen LogP contribution in [-0.2, 0) is 0 Å². The molecule has 0 aliphatic rings. The molecule has 0 aromatic carbocycles. The lowest BCUT2D eigenvalue weighted by Crippen LogP contribution is -1.93. The molecule has 0 amide bonds. The number of nitrogens with zero attached hydrogens (tertiary/aromatic N) is 2. The molecule has 2 aromatic heterocycles. The third-order valence-electron chi connectivity index (χ3n) is 1.61. The lowest BCUT2D eigenvalue weighted by Gasteiger charge is -1.94. The van der Waals surface area contributed by atoms with Crippen molar-refractivity contribution in [2.24, 2.45) is 0 Å². The van der Waals surface area contributed by atoms with E-state index in [1.807, 2.05) is 19.2 Å². The summed E-state index contributed by atoms with van der Waals surface area (Å²) in [4.78, 5) is 0.968. The fraction of sp³-hybridized carbons (Fsp3) is 0.125. The van der Waals surface area contributed by atoms with E-state index >= 15 is 0 Å². The van der Waals surface area contributed by atoms with Crippen LogP contribution in [0.2, 0.25) is 0 Å². The quantitative estimate of drug-likeness (QED) is 0.597. The van der Waals surface area contributed by atoms with Gasteiger partial charge >= 0.3 is 0 Å². The zero-order valence-corrected chi connectivity index (χ0v) is 7.56. The van der Waals surface area contributed by atoms with Crippen molar-refractivity contribution in [2.75, 3.05) is 0 Å². The number of thiophene rings is 1. The fourth-order valence-corrected chi connectivity index (χ4v) is 1.81. The number of fused-ring (bicyclic) bond motifs is 1. The maximum absolute atomic E-state index is 5.61. The second-order valence-electron chi connectivity index (χ2n) is 2.72. The Kier molecular flexibility index (Phi) is 1.58. The molecule has 2 aromatic rings. The van der Waals surface area contributed by atoms with Crippen LogP contribution in [0, 0.1) is 0 Å². The molecule has 0 saturated heterocycles. The molecule has 2 heterocycles. The molecule has 0 aliphatic heterocycles. The molecule has 0 N–H and O–H groups in total. The summed E-state index contributed by atoms with van der Waals surface area (Å²) in [7, 11) is 5.61. The topological polar surface area (TPSA) is 17.8 Å². The van der Waals surface area contributed by atoms with E-state index in [4.69, 9.17) is 7.85 Å². The van der Waals surface area contributed by atoms with E-state index in [2.05, 4.69) is 11.7 Å². The van der Waals surface area contributed by atoms with Crippen molar-refractivity contribution < 1.29 is 0 Å². The highest BCUT2D eigenvalue weighted by atomic mass is 32.1. The molecule has 2 nitrogen and oxygen atoms in total. The van der Waals surface area contributed by atoms with Gasteiger partial charge in [-0.3, -0.25) is 0 Å². The molecule has 0 aliphatic carbocycles. The molecule has 0 unspecified atom stereocenters. The van der Waals surface area contributed by atoms with E-state index in [-0.39, 0.29) is 0 Å². The van der Waals surface area contributed by atoms with E-state index < -0.39 is 0 Å². The Bertz CT molecular complexity index is 409. The fourth-order valence-electron chi connectivity index (χ4n) is 1.04. The van der Waals surface area contributed by atoms with Gasteiger partial charge in [0.15, 0.2) is 0 Å². The molecule has 0 spiro atoms. The summed E-state index contributed by atoms with van der Waals surface area (Å²) in [6.07, 6.45) is 1.94. The molecule has 0 fully saturated rings. The summed E-state index contributed by atoms with van der Waals surface area (Å²) in [5, 5.41) is 5.37. The van der Waals surface area contributed by atoms with E-state index in [1.165, 1.54) is 11.3 Å².